The lowest BCUT2D eigenvalue weighted by Crippen LogP contribution is -2.20. The summed E-state index contributed by atoms with van der Waals surface area (Å²) >= 11 is 0. The maximum Gasteiger partial charge on any atom is 0.333 e. The van der Waals surface area contributed by atoms with E-state index in [1.54, 1.807) is 19.1 Å². The third-order valence-corrected chi connectivity index (χ3v) is 4.08. The molecule has 0 aliphatic rings. The van der Waals surface area contributed by atoms with Crippen molar-refractivity contribution in [2.24, 2.45) is 0 Å². The number of ether oxygens (including phenoxy) is 1. The highest BCUT2D eigenvalue weighted by Crippen LogP contribution is 2.27. The zero-order valence-corrected chi connectivity index (χ0v) is 14.7. The first kappa shape index (κ1) is 18.3. The summed E-state index contributed by atoms with van der Waals surface area (Å²) in [6.45, 7) is 7.74. The summed E-state index contributed by atoms with van der Waals surface area (Å²) in [6, 6.07) is 3.40. The van der Waals surface area contributed by atoms with Gasteiger partial charge in [-0.15, -0.1) is 0 Å². The van der Waals surface area contributed by atoms with E-state index in [1.807, 2.05) is 6.92 Å². The average molecular weight is 345 g/mol. The lowest BCUT2D eigenvalue weighted by atomic mass is 10.0. The van der Waals surface area contributed by atoms with Crippen LogP contribution in [0.4, 0.5) is 5.69 Å². The molecule has 0 saturated heterocycles. The van der Waals surface area contributed by atoms with Crippen molar-refractivity contribution in [3.63, 3.8) is 0 Å². The number of benzene rings is 1. The Morgan fingerprint density at radius 2 is 1.88 bits per heavy atom. The number of hydrogen-bond acceptors (Lipinski definition) is 6. The van der Waals surface area contributed by atoms with E-state index in [-0.39, 0.29) is 35.2 Å². The van der Waals surface area contributed by atoms with Crippen LogP contribution < -0.4 is 4.74 Å². The Kier molecular flexibility index (Phi) is 5.01. The summed E-state index contributed by atoms with van der Waals surface area (Å²) in [4.78, 5) is 34.6. The Bertz CT molecular complexity index is 883. The fraction of sp³-hybridized carbons (Fsp3) is 0.353. The van der Waals surface area contributed by atoms with Gasteiger partial charge in [-0.3, -0.25) is 19.6 Å². The molecular formula is C17H19N3O5. The molecule has 132 valence electrons. The number of aryl methyl sites for hydroxylation is 2. The van der Waals surface area contributed by atoms with Crippen LogP contribution in [0.1, 0.15) is 39.8 Å². The van der Waals surface area contributed by atoms with Crippen LogP contribution in [0.3, 0.4) is 0 Å². The van der Waals surface area contributed by atoms with Gasteiger partial charge in [0.05, 0.1) is 10.5 Å². The predicted molar refractivity (Wildman–Crippen MR) is 89.9 cm³/mol. The molecule has 0 atom stereocenters. The van der Waals surface area contributed by atoms with Crippen molar-refractivity contribution in [1.29, 1.82) is 0 Å². The lowest BCUT2D eigenvalue weighted by molar-refractivity contribution is -0.386. The molecule has 0 aliphatic heterocycles. The SMILES string of the molecule is CC(=O)c1ccc(C)c(C)c1OC(=O)Cn1nc(C)c([N+](=O)[O-])c1C. The van der Waals surface area contributed by atoms with Gasteiger partial charge >= 0.3 is 11.7 Å². The highest BCUT2D eigenvalue weighted by molar-refractivity contribution is 5.98. The molecule has 0 saturated carbocycles. The van der Waals surface area contributed by atoms with Crippen LogP contribution in [0.15, 0.2) is 12.1 Å². The summed E-state index contributed by atoms with van der Waals surface area (Å²) in [5, 5.41) is 15.1. The summed E-state index contributed by atoms with van der Waals surface area (Å²) in [5.41, 5.74) is 2.27. The Balaban J connectivity index is 2.31. The second-order valence-corrected chi connectivity index (χ2v) is 5.85. The predicted octanol–water partition coefficient (Wildman–Crippen LogP) is 2.83. The van der Waals surface area contributed by atoms with Gasteiger partial charge in [-0.05, 0) is 51.8 Å². The number of Topliss-reactive ketones (excluding diaryl/α,β-unsaturated/α-hetero) is 1. The molecule has 2 aromatic rings. The maximum atomic E-state index is 12.3. The van der Waals surface area contributed by atoms with Crippen LogP contribution in [0.2, 0.25) is 0 Å². The highest BCUT2D eigenvalue weighted by atomic mass is 16.6. The topological polar surface area (TPSA) is 104 Å². The number of rotatable bonds is 5. The molecular weight excluding hydrogens is 326 g/mol. The Morgan fingerprint density at radius 1 is 1.24 bits per heavy atom. The highest BCUT2D eigenvalue weighted by Gasteiger charge is 2.24. The molecule has 0 N–H and O–H groups in total. The van der Waals surface area contributed by atoms with Crippen LogP contribution in [-0.2, 0) is 11.3 Å². The Labute approximate surface area is 144 Å². The molecule has 2 rings (SSSR count). The summed E-state index contributed by atoms with van der Waals surface area (Å²) in [6.07, 6.45) is 0. The second-order valence-electron chi connectivity index (χ2n) is 5.85. The van der Waals surface area contributed by atoms with Gasteiger partial charge in [-0.2, -0.15) is 5.10 Å². The Morgan fingerprint density at radius 3 is 2.40 bits per heavy atom. The van der Waals surface area contributed by atoms with E-state index in [9.17, 15) is 19.7 Å². The van der Waals surface area contributed by atoms with Crippen LogP contribution in [0.5, 0.6) is 5.75 Å². The van der Waals surface area contributed by atoms with Gasteiger partial charge < -0.3 is 4.74 Å². The molecule has 0 amide bonds. The standard InChI is InChI=1S/C17H19N3O5/c1-9-6-7-14(13(5)21)17(10(9)2)25-15(22)8-19-12(4)16(20(23)24)11(3)18-19/h6-7H,8H2,1-5H3. The number of carbonyl (C=O) groups is 2. The maximum absolute atomic E-state index is 12.3. The summed E-state index contributed by atoms with van der Waals surface area (Å²) in [5.74, 6) is -0.655. The molecule has 0 unspecified atom stereocenters. The van der Waals surface area contributed by atoms with Crippen molar-refractivity contribution in [2.45, 2.75) is 41.2 Å². The molecule has 1 aromatic heterocycles. The van der Waals surface area contributed by atoms with Crippen LogP contribution >= 0.6 is 0 Å². The molecule has 0 bridgehead atoms. The summed E-state index contributed by atoms with van der Waals surface area (Å²) in [7, 11) is 0. The van der Waals surface area contributed by atoms with Crippen molar-refractivity contribution in [3.8, 4) is 5.75 Å². The lowest BCUT2D eigenvalue weighted by Gasteiger charge is -2.13. The van der Waals surface area contributed by atoms with Gasteiger partial charge in [0.15, 0.2) is 5.78 Å². The second kappa shape index (κ2) is 6.84. The van der Waals surface area contributed by atoms with E-state index in [4.69, 9.17) is 4.74 Å². The van der Waals surface area contributed by atoms with Crippen molar-refractivity contribution < 1.29 is 19.2 Å². The van der Waals surface area contributed by atoms with E-state index < -0.39 is 10.9 Å². The zero-order chi connectivity index (χ0) is 18.9. The third kappa shape index (κ3) is 3.57. The minimum atomic E-state index is -0.656. The number of aromatic nitrogens is 2. The molecule has 25 heavy (non-hydrogen) atoms. The van der Waals surface area contributed by atoms with Gasteiger partial charge in [0.1, 0.15) is 23.7 Å². The zero-order valence-electron chi connectivity index (χ0n) is 14.7. The van der Waals surface area contributed by atoms with E-state index in [2.05, 4.69) is 5.10 Å². The Hall–Kier alpha value is -3.03. The molecule has 1 aromatic carbocycles. The van der Waals surface area contributed by atoms with Crippen LogP contribution in [-0.4, -0.2) is 26.5 Å². The number of ketones is 1. The first-order valence-corrected chi connectivity index (χ1v) is 7.63. The van der Waals surface area contributed by atoms with E-state index in [0.29, 0.717) is 11.1 Å². The van der Waals surface area contributed by atoms with Gasteiger partial charge in [-0.25, -0.2) is 4.79 Å². The fourth-order valence-electron chi connectivity index (χ4n) is 2.57. The summed E-state index contributed by atoms with van der Waals surface area (Å²) < 4.78 is 6.63. The molecule has 0 spiro atoms. The smallest absolute Gasteiger partial charge is 0.333 e. The third-order valence-electron chi connectivity index (χ3n) is 4.08. The number of nitro groups is 1. The first-order valence-electron chi connectivity index (χ1n) is 7.63. The number of nitrogens with zero attached hydrogens (tertiary/aromatic N) is 3. The molecule has 8 heteroatoms. The molecule has 0 radical (unpaired) electrons. The fourth-order valence-corrected chi connectivity index (χ4v) is 2.57. The molecule has 8 nitrogen and oxygen atoms in total. The normalized spacial score (nSPS) is 10.6. The van der Waals surface area contributed by atoms with Crippen molar-refractivity contribution in [2.75, 3.05) is 0 Å². The molecule has 1 heterocycles. The largest absolute Gasteiger partial charge is 0.424 e. The van der Waals surface area contributed by atoms with Gasteiger partial charge in [0.2, 0.25) is 0 Å². The number of hydrogen-bond donors (Lipinski definition) is 0. The molecule has 0 fully saturated rings. The van der Waals surface area contributed by atoms with E-state index in [0.717, 1.165) is 5.56 Å². The minimum absolute atomic E-state index is 0.121. The van der Waals surface area contributed by atoms with Crippen molar-refractivity contribution in [1.82, 2.24) is 9.78 Å². The molecule has 0 aliphatic carbocycles. The number of esters is 1. The quantitative estimate of drug-likeness (QED) is 0.271. The van der Waals surface area contributed by atoms with Crippen LogP contribution in [0, 0.1) is 37.8 Å². The van der Waals surface area contributed by atoms with Gasteiger partial charge in [0, 0.05) is 0 Å². The number of carbonyl (C=O) groups excluding carboxylic acids is 2. The van der Waals surface area contributed by atoms with Gasteiger partial charge in [-0.1, -0.05) is 6.07 Å². The van der Waals surface area contributed by atoms with E-state index in [1.165, 1.54) is 25.5 Å². The van der Waals surface area contributed by atoms with Gasteiger partial charge in [0.25, 0.3) is 0 Å². The monoisotopic (exact) mass is 345 g/mol. The first-order chi connectivity index (χ1) is 11.6. The van der Waals surface area contributed by atoms with Crippen molar-refractivity contribution >= 4 is 17.4 Å². The minimum Gasteiger partial charge on any atom is -0.424 e. The van der Waals surface area contributed by atoms with Crippen molar-refractivity contribution in [3.05, 3.63) is 50.3 Å². The van der Waals surface area contributed by atoms with Crippen LogP contribution in [0.25, 0.3) is 0 Å². The van der Waals surface area contributed by atoms with E-state index >= 15 is 0 Å². The average Bonchev–Trinajstić information content (AvgIpc) is 2.77.